The molecule has 0 aromatic heterocycles. The van der Waals surface area contributed by atoms with Crippen LogP contribution in [0.3, 0.4) is 0 Å². The molecule has 2 saturated carbocycles. The molecule has 1 aromatic rings. The predicted octanol–water partition coefficient (Wildman–Crippen LogP) is 4.87. The van der Waals surface area contributed by atoms with Crippen LogP contribution >= 0.6 is 0 Å². The number of carbonyl (C=O) groups is 3. The van der Waals surface area contributed by atoms with Gasteiger partial charge in [0.25, 0.3) is 0 Å². The van der Waals surface area contributed by atoms with E-state index in [9.17, 15) is 18.8 Å². The lowest BCUT2D eigenvalue weighted by molar-refractivity contribution is -0.147. The van der Waals surface area contributed by atoms with Gasteiger partial charge >= 0.3 is 0 Å². The molecular formula is C31H40FN3O4. The van der Waals surface area contributed by atoms with Crippen LogP contribution in [0.15, 0.2) is 36.4 Å². The summed E-state index contributed by atoms with van der Waals surface area (Å²) < 4.78 is 20.1. The van der Waals surface area contributed by atoms with Gasteiger partial charge in [0.1, 0.15) is 17.5 Å². The minimum Gasteiger partial charge on any atom is -0.356 e. The maximum Gasteiger partial charge on any atom is 0.246 e. The third kappa shape index (κ3) is 4.58. The van der Waals surface area contributed by atoms with Gasteiger partial charge in [0, 0.05) is 17.8 Å². The summed E-state index contributed by atoms with van der Waals surface area (Å²) in [5.74, 6) is -2.65. The van der Waals surface area contributed by atoms with Gasteiger partial charge in [-0.15, -0.1) is 0 Å². The Hall–Kier alpha value is -2.74. The van der Waals surface area contributed by atoms with E-state index in [1.807, 2.05) is 24.0 Å². The van der Waals surface area contributed by atoms with Crippen molar-refractivity contribution in [1.82, 2.24) is 10.2 Å². The molecule has 1 aromatic carbocycles. The average molecular weight is 538 g/mol. The Balaban J connectivity index is 1.34. The second kappa shape index (κ2) is 10.3. The molecule has 4 fully saturated rings. The summed E-state index contributed by atoms with van der Waals surface area (Å²) in [4.78, 5) is 44.2. The standard InChI is InChI=1S/C31H40FN3O4/c1-30-18-19-31(39-30)25(24(30)27(36)33-22-16-14-20(32)15-17-22)29(38)35(23-12-8-3-2-4-9-13-23)26(31)28(37)34-21-10-6-5-7-11-21/h14-19,21,23-26H,2-13H2,1H3,(H,33,36)(H,34,37)/t24-,25-,26-,30-,31-/m0/s1. The molecule has 8 heteroatoms. The molecule has 7 nitrogen and oxygen atoms in total. The van der Waals surface area contributed by atoms with Gasteiger partial charge in [-0.25, -0.2) is 4.39 Å². The Bertz CT molecular complexity index is 1140. The number of amides is 3. The number of hydrogen-bond acceptors (Lipinski definition) is 4. The number of benzene rings is 1. The van der Waals surface area contributed by atoms with Gasteiger partial charge in [-0.05, 0) is 56.9 Å². The minimum atomic E-state index is -1.18. The number of rotatable bonds is 5. The van der Waals surface area contributed by atoms with E-state index < -0.39 is 34.9 Å². The first kappa shape index (κ1) is 26.5. The first-order valence-corrected chi connectivity index (χ1v) is 14.9. The van der Waals surface area contributed by atoms with Crippen molar-refractivity contribution in [2.24, 2.45) is 11.8 Å². The third-order valence-corrected chi connectivity index (χ3v) is 9.80. The fourth-order valence-corrected chi connectivity index (χ4v) is 7.95. The molecule has 0 radical (unpaired) electrons. The minimum absolute atomic E-state index is 0.0513. The molecule has 39 heavy (non-hydrogen) atoms. The van der Waals surface area contributed by atoms with Gasteiger partial charge in [0.05, 0.1) is 17.4 Å². The second-order valence-corrected chi connectivity index (χ2v) is 12.4. The Morgan fingerprint density at radius 1 is 0.897 bits per heavy atom. The quantitative estimate of drug-likeness (QED) is 0.525. The first-order chi connectivity index (χ1) is 18.8. The number of anilines is 1. The monoisotopic (exact) mass is 537 g/mol. The molecule has 2 aliphatic carbocycles. The normalized spacial score (nSPS) is 35.0. The van der Waals surface area contributed by atoms with Crippen LogP contribution < -0.4 is 10.6 Å². The van der Waals surface area contributed by atoms with Crippen molar-refractivity contribution in [3.8, 4) is 0 Å². The maximum absolute atomic E-state index is 14.4. The summed E-state index contributed by atoms with van der Waals surface area (Å²) in [6.07, 6.45) is 16.2. The van der Waals surface area contributed by atoms with E-state index in [2.05, 4.69) is 10.6 Å². The molecule has 210 valence electrons. The highest BCUT2D eigenvalue weighted by molar-refractivity contribution is 6.03. The number of fused-ring (bicyclic) bond motifs is 1. The number of ether oxygens (including phenoxy) is 1. The zero-order chi connectivity index (χ0) is 27.2. The van der Waals surface area contributed by atoms with Crippen molar-refractivity contribution >= 4 is 23.4 Å². The fraction of sp³-hybridized carbons (Fsp3) is 0.645. The van der Waals surface area contributed by atoms with Crippen molar-refractivity contribution in [1.29, 1.82) is 0 Å². The molecule has 3 amide bonds. The van der Waals surface area contributed by atoms with E-state index in [1.54, 1.807) is 0 Å². The molecule has 3 aliphatic heterocycles. The molecule has 2 bridgehead atoms. The number of hydrogen-bond donors (Lipinski definition) is 2. The van der Waals surface area contributed by atoms with Crippen molar-refractivity contribution in [2.45, 2.75) is 113 Å². The Kier molecular flexibility index (Phi) is 7.02. The second-order valence-electron chi connectivity index (χ2n) is 12.4. The number of carbonyl (C=O) groups excluding carboxylic acids is 3. The Morgan fingerprint density at radius 3 is 2.21 bits per heavy atom. The van der Waals surface area contributed by atoms with Gasteiger partial charge in [-0.2, -0.15) is 0 Å². The van der Waals surface area contributed by atoms with Crippen molar-refractivity contribution in [3.05, 3.63) is 42.2 Å². The van der Waals surface area contributed by atoms with E-state index in [-0.39, 0.29) is 29.8 Å². The molecule has 0 unspecified atom stereocenters. The number of likely N-dealkylation sites (tertiary alicyclic amines) is 1. The Morgan fingerprint density at radius 2 is 1.51 bits per heavy atom. The van der Waals surface area contributed by atoms with E-state index in [1.165, 1.54) is 37.1 Å². The van der Waals surface area contributed by atoms with Gasteiger partial charge in [-0.3, -0.25) is 14.4 Å². The van der Waals surface area contributed by atoms with Crippen molar-refractivity contribution in [3.63, 3.8) is 0 Å². The van der Waals surface area contributed by atoms with Crippen molar-refractivity contribution in [2.75, 3.05) is 5.32 Å². The summed E-state index contributed by atoms with van der Waals surface area (Å²) in [5, 5.41) is 6.17. The highest BCUT2D eigenvalue weighted by Crippen LogP contribution is 2.60. The van der Waals surface area contributed by atoms with E-state index in [0.717, 1.165) is 64.2 Å². The van der Waals surface area contributed by atoms with Gasteiger partial charge < -0.3 is 20.3 Å². The summed E-state index contributed by atoms with van der Waals surface area (Å²) in [7, 11) is 0. The van der Waals surface area contributed by atoms with E-state index in [4.69, 9.17) is 4.74 Å². The lowest BCUT2D eigenvalue weighted by Crippen LogP contribution is -2.58. The van der Waals surface area contributed by atoms with Gasteiger partial charge in [0.2, 0.25) is 17.7 Å². The number of halogens is 1. The molecule has 5 atom stereocenters. The Labute approximate surface area is 229 Å². The molecular weight excluding hydrogens is 497 g/mol. The summed E-state index contributed by atoms with van der Waals surface area (Å²) in [5.41, 5.74) is -1.74. The highest BCUT2D eigenvalue weighted by atomic mass is 19.1. The molecule has 2 N–H and O–H groups in total. The summed E-state index contributed by atoms with van der Waals surface area (Å²) in [6, 6.07) is 4.84. The lowest BCUT2D eigenvalue weighted by Gasteiger charge is -2.39. The van der Waals surface area contributed by atoms with Crippen LogP contribution in [0.5, 0.6) is 0 Å². The smallest absolute Gasteiger partial charge is 0.246 e. The zero-order valence-electron chi connectivity index (χ0n) is 22.8. The van der Waals surface area contributed by atoms with Gasteiger partial charge in [0.15, 0.2) is 0 Å². The van der Waals surface area contributed by atoms with E-state index >= 15 is 0 Å². The van der Waals surface area contributed by atoms with Crippen LogP contribution in [0.25, 0.3) is 0 Å². The van der Waals surface area contributed by atoms with Gasteiger partial charge in [-0.1, -0.05) is 63.5 Å². The summed E-state index contributed by atoms with van der Waals surface area (Å²) in [6.45, 7) is 1.83. The predicted molar refractivity (Wildman–Crippen MR) is 145 cm³/mol. The van der Waals surface area contributed by atoms with Crippen LogP contribution in [0.1, 0.15) is 84.0 Å². The SMILES string of the molecule is C[C@@]12C=C[C@]3(O1)[C@H](C(=O)N(C1CCCCCCC1)[C@H]3C(=O)NC1CCCCC1)[C@H]2C(=O)Nc1ccc(F)cc1. The topological polar surface area (TPSA) is 87.7 Å². The largest absolute Gasteiger partial charge is 0.356 e. The molecule has 1 spiro atoms. The van der Waals surface area contributed by atoms with Crippen molar-refractivity contribution < 1.29 is 23.5 Å². The van der Waals surface area contributed by atoms with E-state index in [0.29, 0.717) is 5.69 Å². The highest BCUT2D eigenvalue weighted by Gasteiger charge is 2.76. The lowest BCUT2D eigenvalue weighted by atomic mass is 9.70. The number of nitrogens with zero attached hydrogens (tertiary/aromatic N) is 1. The van der Waals surface area contributed by atoms with Crippen LogP contribution in [0.4, 0.5) is 10.1 Å². The molecule has 2 saturated heterocycles. The van der Waals surface area contributed by atoms with Crippen LogP contribution in [-0.2, 0) is 19.1 Å². The third-order valence-electron chi connectivity index (χ3n) is 9.80. The summed E-state index contributed by atoms with van der Waals surface area (Å²) >= 11 is 0. The maximum atomic E-state index is 14.4. The number of nitrogens with one attached hydrogen (secondary N) is 2. The van der Waals surface area contributed by atoms with Crippen LogP contribution in [0.2, 0.25) is 0 Å². The average Bonchev–Trinajstić information content (AvgIpc) is 3.47. The zero-order valence-corrected chi connectivity index (χ0v) is 22.8. The van der Waals surface area contributed by atoms with Crippen LogP contribution in [0, 0.1) is 17.7 Å². The molecule has 6 rings (SSSR count). The van der Waals surface area contributed by atoms with Crippen LogP contribution in [-0.4, -0.2) is 51.9 Å². The molecule has 5 aliphatic rings. The first-order valence-electron chi connectivity index (χ1n) is 14.9. The molecule has 3 heterocycles. The fourth-order valence-electron chi connectivity index (χ4n) is 7.95.